The van der Waals surface area contributed by atoms with Crippen LogP contribution in [0.3, 0.4) is 0 Å². The molecule has 1 aliphatic heterocycles. The molecule has 144 valence electrons. The Hall–Kier alpha value is -2.76. The molecular formula is C21H27N3O3. The summed E-state index contributed by atoms with van der Waals surface area (Å²) in [4.78, 5) is 19.3. The van der Waals surface area contributed by atoms with Crippen molar-refractivity contribution in [3.8, 4) is 11.5 Å². The van der Waals surface area contributed by atoms with E-state index in [9.17, 15) is 4.79 Å². The summed E-state index contributed by atoms with van der Waals surface area (Å²) in [6.07, 6.45) is 5.43. The summed E-state index contributed by atoms with van der Waals surface area (Å²) in [6.45, 7) is 5.98. The van der Waals surface area contributed by atoms with Crippen LogP contribution in [0.4, 0.5) is 11.5 Å². The number of anilines is 2. The van der Waals surface area contributed by atoms with Gasteiger partial charge in [0.25, 0.3) is 5.91 Å². The van der Waals surface area contributed by atoms with E-state index in [2.05, 4.69) is 15.2 Å². The first-order valence-corrected chi connectivity index (χ1v) is 9.44. The SMILES string of the molecule is COc1cc(C(=O)Nc2ccc(N3CCCCC3)nc2)ccc1OC(C)C. The molecule has 27 heavy (non-hydrogen) atoms. The molecule has 0 unspecified atom stereocenters. The summed E-state index contributed by atoms with van der Waals surface area (Å²) < 4.78 is 11.0. The van der Waals surface area contributed by atoms with E-state index in [1.807, 2.05) is 26.0 Å². The molecule has 1 N–H and O–H groups in total. The van der Waals surface area contributed by atoms with Crippen molar-refractivity contribution < 1.29 is 14.3 Å². The number of carbonyl (C=O) groups is 1. The second kappa shape index (κ2) is 8.75. The van der Waals surface area contributed by atoms with Crippen LogP contribution < -0.4 is 19.7 Å². The van der Waals surface area contributed by atoms with Crippen molar-refractivity contribution in [1.82, 2.24) is 4.98 Å². The Morgan fingerprint density at radius 1 is 1.11 bits per heavy atom. The van der Waals surface area contributed by atoms with Crippen molar-refractivity contribution in [2.45, 2.75) is 39.2 Å². The van der Waals surface area contributed by atoms with Gasteiger partial charge in [0.1, 0.15) is 5.82 Å². The van der Waals surface area contributed by atoms with Gasteiger partial charge in [0.05, 0.1) is 25.1 Å². The zero-order chi connectivity index (χ0) is 19.2. The van der Waals surface area contributed by atoms with Crippen molar-refractivity contribution >= 4 is 17.4 Å². The van der Waals surface area contributed by atoms with Crippen LogP contribution in [0.25, 0.3) is 0 Å². The molecule has 2 heterocycles. The summed E-state index contributed by atoms with van der Waals surface area (Å²) >= 11 is 0. The number of amides is 1. The Morgan fingerprint density at radius 3 is 2.52 bits per heavy atom. The molecular weight excluding hydrogens is 342 g/mol. The standard InChI is InChI=1S/C21H27N3O3/c1-15(2)27-18-9-7-16(13-19(18)26-3)21(25)23-17-8-10-20(22-14-17)24-11-5-4-6-12-24/h7-10,13-15H,4-6,11-12H2,1-3H3,(H,23,25). The van der Waals surface area contributed by atoms with Crippen molar-refractivity contribution in [1.29, 1.82) is 0 Å². The number of pyridine rings is 1. The predicted octanol–water partition coefficient (Wildman–Crippen LogP) is 4.12. The number of carbonyl (C=O) groups excluding carboxylic acids is 1. The molecule has 2 aromatic rings. The van der Waals surface area contributed by atoms with E-state index in [-0.39, 0.29) is 12.0 Å². The smallest absolute Gasteiger partial charge is 0.255 e. The molecule has 0 atom stereocenters. The van der Waals surface area contributed by atoms with Crippen LogP contribution >= 0.6 is 0 Å². The average Bonchev–Trinajstić information content (AvgIpc) is 2.69. The number of nitrogens with zero attached hydrogens (tertiary/aromatic N) is 2. The zero-order valence-corrected chi connectivity index (χ0v) is 16.2. The third-order valence-electron chi connectivity index (χ3n) is 4.47. The summed E-state index contributed by atoms with van der Waals surface area (Å²) in [5.74, 6) is 1.91. The van der Waals surface area contributed by atoms with Gasteiger partial charge in [-0.2, -0.15) is 0 Å². The molecule has 3 rings (SSSR count). The van der Waals surface area contributed by atoms with Gasteiger partial charge in [0, 0.05) is 18.7 Å². The van der Waals surface area contributed by atoms with Crippen molar-refractivity contribution in [2.24, 2.45) is 0 Å². The minimum absolute atomic E-state index is 0.0306. The molecule has 1 aromatic heterocycles. The Labute approximate surface area is 160 Å². The first-order chi connectivity index (χ1) is 13.1. The Morgan fingerprint density at radius 2 is 1.89 bits per heavy atom. The van der Waals surface area contributed by atoms with Gasteiger partial charge in [-0.25, -0.2) is 4.98 Å². The topological polar surface area (TPSA) is 63.7 Å². The second-order valence-corrected chi connectivity index (χ2v) is 6.94. The highest BCUT2D eigenvalue weighted by atomic mass is 16.5. The first kappa shape index (κ1) is 19.0. The summed E-state index contributed by atoms with van der Waals surface area (Å²) in [6, 6.07) is 9.02. The fourth-order valence-electron chi connectivity index (χ4n) is 3.13. The lowest BCUT2D eigenvalue weighted by Gasteiger charge is -2.27. The molecule has 1 aliphatic rings. The Balaban J connectivity index is 1.67. The maximum Gasteiger partial charge on any atom is 0.255 e. The van der Waals surface area contributed by atoms with Crippen molar-refractivity contribution in [3.63, 3.8) is 0 Å². The van der Waals surface area contributed by atoms with E-state index >= 15 is 0 Å². The normalized spacial score (nSPS) is 14.1. The number of methoxy groups -OCH3 is 1. The average molecular weight is 369 g/mol. The van der Waals surface area contributed by atoms with Crippen LogP contribution in [0.1, 0.15) is 43.5 Å². The minimum atomic E-state index is -0.211. The van der Waals surface area contributed by atoms with Crippen LogP contribution in [0.15, 0.2) is 36.5 Å². The summed E-state index contributed by atoms with van der Waals surface area (Å²) in [5.41, 5.74) is 1.17. The van der Waals surface area contributed by atoms with Gasteiger partial charge in [-0.05, 0) is 63.4 Å². The molecule has 1 saturated heterocycles. The lowest BCUT2D eigenvalue weighted by Crippen LogP contribution is -2.30. The molecule has 6 heteroatoms. The molecule has 0 radical (unpaired) electrons. The third-order valence-corrected chi connectivity index (χ3v) is 4.47. The number of piperidine rings is 1. The maximum absolute atomic E-state index is 12.6. The number of rotatable bonds is 6. The van der Waals surface area contributed by atoms with Gasteiger partial charge in [0.15, 0.2) is 11.5 Å². The highest BCUT2D eigenvalue weighted by molar-refractivity contribution is 6.04. The lowest BCUT2D eigenvalue weighted by atomic mass is 10.1. The van der Waals surface area contributed by atoms with E-state index in [1.165, 1.54) is 19.3 Å². The molecule has 6 nitrogen and oxygen atoms in total. The van der Waals surface area contributed by atoms with Gasteiger partial charge in [0.2, 0.25) is 0 Å². The van der Waals surface area contributed by atoms with Crippen LogP contribution in [0.2, 0.25) is 0 Å². The van der Waals surface area contributed by atoms with E-state index in [1.54, 1.807) is 31.5 Å². The number of hydrogen-bond acceptors (Lipinski definition) is 5. The Bertz CT molecular complexity index is 769. The van der Waals surface area contributed by atoms with Crippen molar-refractivity contribution in [3.05, 3.63) is 42.1 Å². The van der Waals surface area contributed by atoms with Crippen LogP contribution in [-0.4, -0.2) is 37.2 Å². The second-order valence-electron chi connectivity index (χ2n) is 6.94. The van der Waals surface area contributed by atoms with E-state index in [0.29, 0.717) is 22.7 Å². The van der Waals surface area contributed by atoms with E-state index in [0.717, 1.165) is 18.9 Å². The molecule has 0 bridgehead atoms. The van der Waals surface area contributed by atoms with Gasteiger partial charge in [-0.1, -0.05) is 0 Å². The van der Waals surface area contributed by atoms with Crippen molar-refractivity contribution in [2.75, 3.05) is 30.4 Å². The Kier molecular flexibility index (Phi) is 6.16. The predicted molar refractivity (Wildman–Crippen MR) is 107 cm³/mol. The van der Waals surface area contributed by atoms with Crippen LogP contribution in [-0.2, 0) is 0 Å². The lowest BCUT2D eigenvalue weighted by molar-refractivity contribution is 0.102. The van der Waals surface area contributed by atoms with Crippen LogP contribution in [0.5, 0.6) is 11.5 Å². The fourth-order valence-corrected chi connectivity index (χ4v) is 3.13. The summed E-state index contributed by atoms with van der Waals surface area (Å²) in [5, 5.41) is 2.88. The third kappa shape index (κ3) is 4.90. The van der Waals surface area contributed by atoms with Gasteiger partial charge >= 0.3 is 0 Å². The number of hydrogen-bond donors (Lipinski definition) is 1. The van der Waals surface area contributed by atoms with Gasteiger partial charge < -0.3 is 19.7 Å². The van der Waals surface area contributed by atoms with E-state index in [4.69, 9.17) is 9.47 Å². The zero-order valence-electron chi connectivity index (χ0n) is 16.2. The monoisotopic (exact) mass is 369 g/mol. The van der Waals surface area contributed by atoms with E-state index < -0.39 is 0 Å². The van der Waals surface area contributed by atoms with Crippen LogP contribution in [0, 0.1) is 0 Å². The molecule has 0 saturated carbocycles. The quantitative estimate of drug-likeness (QED) is 0.830. The largest absolute Gasteiger partial charge is 0.493 e. The molecule has 1 aromatic carbocycles. The highest BCUT2D eigenvalue weighted by Gasteiger charge is 2.14. The van der Waals surface area contributed by atoms with Gasteiger partial charge in [-0.15, -0.1) is 0 Å². The summed E-state index contributed by atoms with van der Waals surface area (Å²) in [7, 11) is 1.56. The minimum Gasteiger partial charge on any atom is -0.493 e. The number of aromatic nitrogens is 1. The number of benzene rings is 1. The fraction of sp³-hybridized carbons (Fsp3) is 0.429. The molecule has 0 spiro atoms. The maximum atomic E-state index is 12.6. The highest BCUT2D eigenvalue weighted by Crippen LogP contribution is 2.29. The number of ether oxygens (including phenoxy) is 2. The molecule has 1 amide bonds. The molecule has 1 fully saturated rings. The van der Waals surface area contributed by atoms with Gasteiger partial charge in [-0.3, -0.25) is 4.79 Å². The number of nitrogens with one attached hydrogen (secondary N) is 1. The first-order valence-electron chi connectivity index (χ1n) is 9.44. The molecule has 0 aliphatic carbocycles.